The standard InChI is InChI=1S/2C20H25NO3.2ClH.H2O/c2*1-15(13-16-9-11-18(12-10-16)20(22)24-3)21-14-19(23-2)17-7-5-4-6-8-17;;;/h2*4-12,15,19,21H,13-14H2,1-3H3;2*1H;1H2. The molecule has 0 radical (unpaired) electrons. The van der Waals surface area contributed by atoms with Gasteiger partial charge in [-0.1, -0.05) is 84.9 Å². The number of esters is 2. The smallest absolute Gasteiger partial charge is 0.337 e. The summed E-state index contributed by atoms with van der Waals surface area (Å²) in [6.45, 7) is 5.79. The molecule has 4 N–H and O–H groups in total. The van der Waals surface area contributed by atoms with Crippen LogP contribution in [0.15, 0.2) is 109 Å². The van der Waals surface area contributed by atoms with Crippen molar-refractivity contribution in [3.8, 4) is 0 Å². The number of nitrogens with one attached hydrogen (secondary N) is 2. The van der Waals surface area contributed by atoms with Crippen molar-refractivity contribution >= 4 is 36.8 Å². The Morgan fingerprint density at radius 2 is 0.843 bits per heavy atom. The van der Waals surface area contributed by atoms with Gasteiger partial charge in [-0.25, -0.2) is 9.59 Å². The predicted octanol–water partition coefficient (Wildman–Crippen LogP) is 6.78. The fourth-order valence-electron chi connectivity index (χ4n) is 5.27. The van der Waals surface area contributed by atoms with Crippen LogP contribution in [0.25, 0.3) is 0 Å². The van der Waals surface area contributed by atoms with E-state index >= 15 is 0 Å². The molecule has 4 unspecified atom stereocenters. The third kappa shape index (κ3) is 16.4. The minimum Gasteiger partial charge on any atom is -0.465 e. The van der Waals surface area contributed by atoms with Crippen LogP contribution in [0.5, 0.6) is 0 Å². The van der Waals surface area contributed by atoms with Gasteiger partial charge in [0.1, 0.15) is 0 Å². The van der Waals surface area contributed by atoms with Crippen molar-refractivity contribution < 1.29 is 34.0 Å². The van der Waals surface area contributed by atoms with Crippen molar-refractivity contribution in [1.82, 2.24) is 10.6 Å². The lowest BCUT2D eigenvalue weighted by atomic mass is 10.0. The number of carbonyl (C=O) groups is 2. The molecule has 0 aromatic heterocycles. The van der Waals surface area contributed by atoms with Gasteiger partial charge in [-0.2, -0.15) is 0 Å². The Labute approximate surface area is 315 Å². The van der Waals surface area contributed by atoms with E-state index in [1.165, 1.54) is 36.5 Å². The van der Waals surface area contributed by atoms with Crippen LogP contribution in [0, 0.1) is 0 Å². The highest BCUT2D eigenvalue weighted by Gasteiger charge is 2.14. The molecule has 4 aromatic carbocycles. The van der Waals surface area contributed by atoms with Crippen LogP contribution < -0.4 is 10.6 Å². The molecule has 9 nitrogen and oxygen atoms in total. The van der Waals surface area contributed by atoms with Gasteiger partial charge >= 0.3 is 11.9 Å². The summed E-state index contributed by atoms with van der Waals surface area (Å²) in [6.07, 6.45) is 1.84. The van der Waals surface area contributed by atoms with Crippen molar-refractivity contribution in [2.45, 2.75) is 51.0 Å². The molecule has 0 saturated heterocycles. The number of halogens is 2. The van der Waals surface area contributed by atoms with Crippen LogP contribution >= 0.6 is 24.8 Å². The number of rotatable bonds is 16. The quantitative estimate of drug-likeness (QED) is 0.120. The molecule has 11 heteroatoms. The van der Waals surface area contributed by atoms with E-state index in [0.717, 1.165) is 25.9 Å². The maximum atomic E-state index is 11.4. The Kier molecular flexibility index (Phi) is 24.1. The van der Waals surface area contributed by atoms with Gasteiger partial charge in [0.2, 0.25) is 0 Å². The van der Waals surface area contributed by atoms with Crippen molar-refractivity contribution in [1.29, 1.82) is 0 Å². The van der Waals surface area contributed by atoms with E-state index in [-0.39, 0.29) is 54.4 Å². The lowest BCUT2D eigenvalue weighted by molar-refractivity contribution is 0.0592. The highest BCUT2D eigenvalue weighted by molar-refractivity contribution is 5.89. The minimum absolute atomic E-state index is 0. The van der Waals surface area contributed by atoms with Gasteiger partial charge < -0.3 is 35.1 Å². The third-order valence-corrected chi connectivity index (χ3v) is 8.05. The van der Waals surface area contributed by atoms with Gasteiger partial charge in [0.15, 0.2) is 0 Å². The number of methoxy groups -OCH3 is 4. The molecule has 4 rings (SSSR count). The number of benzene rings is 4. The molecule has 0 amide bonds. The average molecular weight is 746 g/mol. The topological polar surface area (TPSA) is 127 Å². The Morgan fingerprint density at radius 1 is 0.529 bits per heavy atom. The van der Waals surface area contributed by atoms with Gasteiger partial charge in [0.05, 0.1) is 37.6 Å². The molecule has 280 valence electrons. The summed E-state index contributed by atoms with van der Waals surface area (Å²) in [4.78, 5) is 22.9. The van der Waals surface area contributed by atoms with Gasteiger partial charge in [0, 0.05) is 39.4 Å². The maximum Gasteiger partial charge on any atom is 0.337 e. The predicted molar refractivity (Wildman–Crippen MR) is 208 cm³/mol. The van der Waals surface area contributed by atoms with Crippen LogP contribution in [0.4, 0.5) is 0 Å². The zero-order chi connectivity index (χ0) is 34.7. The Bertz CT molecular complexity index is 1380. The number of hydrogen-bond acceptors (Lipinski definition) is 8. The first-order valence-corrected chi connectivity index (χ1v) is 16.2. The van der Waals surface area contributed by atoms with E-state index in [4.69, 9.17) is 18.9 Å². The normalized spacial score (nSPS) is 12.5. The van der Waals surface area contributed by atoms with Crippen LogP contribution in [0.2, 0.25) is 0 Å². The second-order valence-electron chi connectivity index (χ2n) is 11.7. The molecule has 0 aliphatic carbocycles. The zero-order valence-electron chi connectivity index (χ0n) is 30.3. The van der Waals surface area contributed by atoms with E-state index in [0.29, 0.717) is 23.2 Å². The molecule has 4 aromatic rings. The fraction of sp³-hybridized carbons (Fsp3) is 0.350. The van der Waals surface area contributed by atoms with Crippen molar-refractivity contribution in [3.05, 3.63) is 143 Å². The summed E-state index contributed by atoms with van der Waals surface area (Å²) < 4.78 is 20.6. The zero-order valence-corrected chi connectivity index (χ0v) is 31.9. The molecule has 0 bridgehead atoms. The first kappa shape index (κ1) is 47.2. The van der Waals surface area contributed by atoms with Crippen LogP contribution in [0.1, 0.15) is 69.0 Å². The van der Waals surface area contributed by atoms with E-state index < -0.39 is 0 Å². The highest BCUT2D eigenvalue weighted by Crippen LogP contribution is 2.17. The van der Waals surface area contributed by atoms with E-state index in [1.54, 1.807) is 38.5 Å². The Hall–Kier alpha value is -3.80. The van der Waals surface area contributed by atoms with Crippen molar-refractivity contribution in [2.75, 3.05) is 41.5 Å². The van der Waals surface area contributed by atoms with Crippen LogP contribution in [-0.2, 0) is 31.8 Å². The number of ether oxygens (including phenoxy) is 4. The molecular formula is C40H54Cl2N2O7. The van der Waals surface area contributed by atoms with Crippen molar-refractivity contribution in [3.63, 3.8) is 0 Å². The largest absolute Gasteiger partial charge is 0.465 e. The second kappa shape index (κ2) is 26.0. The first-order chi connectivity index (χ1) is 23.3. The molecule has 0 heterocycles. The monoisotopic (exact) mass is 744 g/mol. The number of hydrogen-bond donors (Lipinski definition) is 2. The fourth-order valence-corrected chi connectivity index (χ4v) is 5.27. The number of carbonyl (C=O) groups excluding carboxylic acids is 2. The molecule has 0 fully saturated rings. The summed E-state index contributed by atoms with van der Waals surface area (Å²) in [6, 6.07) is 36.1. The molecule has 0 aliphatic rings. The molecule has 51 heavy (non-hydrogen) atoms. The van der Waals surface area contributed by atoms with Crippen LogP contribution in [0.3, 0.4) is 0 Å². The average Bonchev–Trinajstić information content (AvgIpc) is 3.13. The summed E-state index contributed by atoms with van der Waals surface area (Å²) in [5, 5.41) is 7.03. The Balaban J connectivity index is 0.000000926. The minimum atomic E-state index is -0.307. The summed E-state index contributed by atoms with van der Waals surface area (Å²) >= 11 is 0. The van der Waals surface area contributed by atoms with Gasteiger partial charge in [-0.05, 0) is 73.2 Å². The summed E-state index contributed by atoms with van der Waals surface area (Å²) in [5.41, 5.74) is 5.84. The molecule has 0 aliphatic heterocycles. The van der Waals surface area contributed by atoms with Crippen LogP contribution in [-0.4, -0.2) is 71.0 Å². The lowest BCUT2D eigenvalue weighted by Crippen LogP contribution is -2.32. The summed E-state index contributed by atoms with van der Waals surface area (Å²) in [5.74, 6) is -0.614. The first-order valence-electron chi connectivity index (χ1n) is 16.2. The lowest BCUT2D eigenvalue weighted by Gasteiger charge is -2.20. The summed E-state index contributed by atoms with van der Waals surface area (Å²) in [7, 11) is 6.24. The van der Waals surface area contributed by atoms with E-state index in [1.807, 2.05) is 60.7 Å². The van der Waals surface area contributed by atoms with Crippen molar-refractivity contribution in [2.24, 2.45) is 0 Å². The highest BCUT2D eigenvalue weighted by atomic mass is 35.5. The van der Waals surface area contributed by atoms with Gasteiger partial charge in [-0.15, -0.1) is 24.8 Å². The second-order valence-corrected chi connectivity index (χ2v) is 11.7. The van der Waals surface area contributed by atoms with Gasteiger partial charge in [-0.3, -0.25) is 0 Å². The van der Waals surface area contributed by atoms with E-state index in [9.17, 15) is 9.59 Å². The molecule has 4 atom stereocenters. The third-order valence-electron chi connectivity index (χ3n) is 8.05. The SMILES string of the molecule is COC(=O)c1ccc(CC(C)NCC(OC)c2ccccc2)cc1.COC(=O)c1ccc(CC(C)NCC(OC)c2ccccc2)cc1.Cl.Cl.O. The molecular weight excluding hydrogens is 691 g/mol. The van der Waals surface area contributed by atoms with E-state index in [2.05, 4.69) is 48.7 Å². The molecule has 0 spiro atoms. The van der Waals surface area contributed by atoms with Gasteiger partial charge in [0.25, 0.3) is 0 Å². The maximum absolute atomic E-state index is 11.4. The molecule has 0 saturated carbocycles. The Morgan fingerprint density at radius 3 is 1.12 bits per heavy atom.